The minimum absolute atomic E-state index is 0.0563. The second-order valence-electron chi connectivity index (χ2n) is 9.58. The predicted octanol–water partition coefficient (Wildman–Crippen LogP) is 3.54. The number of hydrogen-bond acceptors (Lipinski definition) is 5. The molecule has 0 saturated carbocycles. The summed E-state index contributed by atoms with van der Waals surface area (Å²) in [7, 11) is 0. The molecule has 3 N–H and O–H groups in total. The second-order valence-corrected chi connectivity index (χ2v) is 9.58. The number of carbonyl (C=O) groups excluding carboxylic acids is 3. The first kappa shape index (κ1) is 28.6. The van der Waals surface area contributed by atoms with Gasteiger partial charge in [0, 0.05) is 13.1 Å². The monoisotopic (exact) mass is 453 g/mol. The van der Waals surface area contributed by atoms with Gasteiger partial charge in [-0.05, 0) is 32.1 Å². The zero-order valence-electron chi connectivity index (χ0n) is 20.8. The number of likely N-dealkylation sites (tertiary alicyclic amines) is 1. The van der Waals surface area contributed by atoms with Gasteiger partial charge in [0.05, 0.1) is 6.04 Å². The molecule has 2 amide bonds. The van der Waals surface area contributed by atoms with Crippen LogP contribution in [0.15, 0.2) is 0 Å². The van der Waals surface area contributed by atoms with Crippen LogP contribution >= 0.6 is 0 Å². The van der Waals surface area contributed by atoms with E-state index in [1.807, 2.05) is 13.8 Å². The zero-order chi connectivity index (χ0) is 23.9. The molecule has 0 aliphatic carbocycles. The normalized spacial score (nSPS) is 18.5. The predicted molar refractivity (Wildman–Crippen MR) is 128 cm³/mol. The highest BCUT2D eigenvalue weighted by Crippen LogP contribution is 2.20. The van der Waals surface area contributed by atoms with E-state index in [2.05, 4.69) is 17.6 Å². The van der Waals surface area contributed by atoms with Gasteiger partial charge in [-0.15, -0.1) is 0 Å². The molecule has 7 nitrogen and oxygen atoms in total. The molecule has 7 heteroatoms. The fourth-order valence-corrected chi connectivity index (χ4v) is 4.32. The van der Waals surface area contributed by atoms with Crippen molar-refractivity contribution in [2.75, 3.05) is 13.1 Å². The lowest BCUT2D eigenvalue weighted by atomic mass is 10.0. The van der Waals surface area contributed by atoms with Crippen LogP contribution in [0.3, 0.4) is 0 Å². The van der Waals surface area contributed by atoms with Gasteiger partial charge in [0.2, 0.25) is 11.8 Å². The Labute approximate surface area is 195 Å². The van der Waals surface area contributed by atoms with Crippen molar-refractivity contribution in [1.29, 1.82) is 0 Å². The molecule has 0 aromatic heterocycles. The number of rotatable bonds is 17. The van der Waals surface area contributed by atoms with Crippen LogP contribution in [-0.4, -0.2) is 59.0 Å². The third-order valence-electron chi connectivity index (χ3n) is 6.35. The molecule has 186 valence electrons. The molecule has 0 bridgehead atoms. The standard InChI is InChI=1S/C25H47N3O4/c1-5-6-7-8-9-10-11-12-13-14-17-26-24(31)22(19(2)3)27-23(30)21-16-15-18-28(21)25(32)20(4)29/h19,21-22,25,32H,5-18H2,1-4H3,(H,26,31)(H,27,30)/t21-,22-,25?/m0/s1. The van der Waals surface area contributed by atoms with Gasteiger partial charge in [-0.3, -0.25) is 19.3 Å². The zero-order valence-corrected chi connectivity index (χ0v) is 20.8. The lowest BCUT2D eigenvalue weighted by Gasteiger charge is -2.29. The summed E-state index contributed by atoms with van der Waals surface area (Å²) < 4.78 is 0. The van der Waals surface area contributed by atoms with Crippen LogP contribution in [0.2, 0.25) is 0 Å². The van der Waals surface area contributed by atoms with Gasteiger partial charge in [-0.2, -0.15) is 0 Å². The maximum Gasteiger partial charge on any atom is 0.242 e. The third-order valence-corrected chi connectivity index (χ3v) is 6.35. The Bertz CT molecular complexity index is 567. The van der Waals surface area contributed by atoms with Gasteiger partial charge >= 0.3 is 0 Å². The number of hydrogen-bond donors (Lipinski definition) is 3. The molecule has 1 aliphatic rings. The van der Waals surface area contributed by atoms with Gasteiger partial charge in [0.15, 0.2) is 12.0 Å². The second kappa shape index (κ2) is 16.2. The minimum Gasteiger partial charge on any atom is -0.371 e. The fourth-order valence-electron chi connectivity index (χ4n) is 4.32. The number of aliphatic hydroxyl groups is 1. The van der Waals surface area contributed by atoms with Crippen LogP contribution in [0.25, 0.3) is 0 Å². The summed E-state index contributed by atoms with van der Waals surface area (Å²) in [5.74, 6) is -0.893. The Hall–Kier alpha value is -1.47. The van der Waals surface area contributed by atoms with Crippen molar-refractivity contribution in [2.45, 2.75) is 123 Å². The highest BCUT2D eigenvalue weighted by atomic mass is 16.3. The van der Waals surface area contributed by atoms with E-state index in [4.69, 9.17) is 0 Å². The Morgan fingerprint density at radius 1 is 0.969 bits per heavy atom. The van der Waals surface area contributed by atoms with Crippen LogP contribution < -0.4 is 10.6 Å². The van der Waals surface area contributed by atoms with Gasteiger partial charge in [-0.25, -0.2) is 0 Å². The minimum atomic E-state index is -1.27. The van der Waals surface area contributed by atoms with E-state index in [0.717, 1.165) is 19.3 Å². The molecule has 32 heavy (non-hydrogen) atoms. The van der Waals surface area contributed by atoms with Crippen molar-refractivity contribution in [3.8, 4) is 0 Å². The maximum atomic E-state index is 12.8. The molecule has 0 aromatic rings. The Morgan fingerprint density at radius 3 is 2.06 bits per heavy atom. The summed E-state index contributed by atoms with van der Waals surface area (Å²) in [6.07, 6.45) is 12.5. The number of Topliss-reactive ketones (excluding diaryl/α,β-unsaturated/α-hetero) is 1. The van der Waals surface area contributed by atoms with Crippen molar-refractivity contribution in [2.24, 2.45) is 5.92 Å². The molecule has 1 heterocycles. The lowest BCUT2D eigenvalue weighted by molar-refractivity contribution is -0.142. The number of ketones is 1. The van der Waals surface area contributed by atoms with Crippen LogP contribution in [0, 0.1) is 5.92 Å². The van der Waals surface area contributed by atoms with Gasteiger partial charge in [-0.1, -0.05) is 78.6 Å². The van der Waals surface area contributed by atoms with Gasteiger partial charge in [0.25, 0.3) is 0 Å². The van der Waals surface area contributed by atoms with Crippen molar-refractivity contribution in [3.63, 3.8) is 0 Å². The molecule has 1 saturated heterocycles. The molecular weight excluding hydrogens is 406 g/mol. The Morgan fingerprint density at radius 2 is 1.53 bits per heavy atom. The van der Waals surface area contributed by atoms with E-state index in [9.17, 15) is 19.5 Å². The van der Waals surface area contributed by atoms with Gasteiger partial charge < -0.3 is 15.7 Å². The van der Waals surface area contributed by atoms with E-state index in [-0.39, 0.29) is 23.5 Å². The van der Waals surface area contributed by atoms with Crippen molar-refractivity contribution >= 4 is 17.6 Å². The summed E-state index contributed by atoms with van der Waals surface area (Å²) in [4.78, 5) is 38.5. The molecule has 1 aliphatic heterocycles. The number of nitrogens with zero attached hydrogens (tertiary/aromatic N) is 1. The smallest absolute Gasteiger partial charge is 0.242 e. The lowest BCUT2D eigenvalue weighted by Crippen LogP contribution is -2.56. The number of carbonyl (C=O) groups is 3. The number of aliphatic hydroxyl groups excluding tert-OH is 1. The number of unbranched alkanes of at least 4 members (excludes halogenated alkanes) is 9. The average molecular weight is 454 g/mol. The number of amides is 2. The highest BCUT2D eigenvalue weighted by molar-refractivity contribution is 5.90. The van der Waals surface area contributed by atoms with E-state index in [1.54, 1.807) is 0 Å². The van der Waals surface area contributed by atoms with Crippen LogP contribution in [-0.2, 0) is 14.4 Å². The largest absolute Gasteiger partial charge is 0.371 e. The molecule has 0 spiro atoms. The van der Waals surface area contributed by atoms with Crippen LogP contribution in [0.1, 0.15) is 105 Å². The quantitative estimate of drug-likeness (QED) is 0.293. The van der Waals surface area contributed by atoms with Gasteiger partial charge in [0.1, 0.15) is 6.04 Å². The molecule has 0 aromatic carbocycles. The third kappa shape index (κ3) is 10.4. The summed E-state index contributed by atoms with van der Waals surface area (Å²) in [5.41, 5.74) is 0. The average Bonchev–Trinajstić information content (AvgIpc) is 3.24. The molecule has 3 atom stereocenters. The van der Waals surface area contributed by atoms with Crippen molar-refractivity contribution < 1.29 is 19.5 Å². The fraction of sp³-hybridized carbons (Fsp3) is 0.880. The summed E-state index contributed by atoms with van der Waals surface area (Å²) in [6, 6.07) is -1.20. The van der Waals surface area contributed by atoms with E-state index in [1.165, 1.54) is 63.2 Å². The van der Waals surface area contributed by atoms with E-state index < -0.39 is 18.3 Å². The van der Waals surface area contributed by atoms with E-state index >= 15 is 0 Å². The topological polar surface area (TPSA) is 98.7 Å². The summed E-state index contributed by atoms with van der Waals surface area (Å²) in [6.45, 7) is 8.48. The Kier molecular flexibility index (Phi) is 14.5. The van der Waals surface area contributed by atoms with Crippen LogP contribution in [0.4, 0.5) is 0 Å². The SMILES string of the molecule is CCCCCCCCCCCCNC(=O)[C@@H](NC(=O)[C@@H]1CCCN1C(O)C(C)=O)C(C)C. The highest BCUT2D eigenvalue weighted by Gasteiger charge is 2.38. The first-order chi connectivity index (χ1) is 15.3. The number of nitrogens with one attached hydrogen (secondary N) is 2. The first-order valence-corrected chi connectivity index (χ1v) is 12.8. The molecule has 1 unspecified atom stereocenters. The van der Waals surface area contributed by atoms with Crippen molar-refractivity contribution in [1.82, 2.24) is 15.5 Å². The van der Waals surface area contributed by atoms with Crippen molar-refractivity contribution in [3.05, 3.63) is 0 Å². The molecule has 0 radical (unpaired) electrons. The molecule has 1 rings (SSSR count). The first-order valence-electron chi connectivity index (χ1n) is 12.8. The maximum absolute atomic E-state index is 12.8. The van der Waals surface area contributed by atoms with E-state index in [0.29, 0.717) is 19.5 Å². The summed E-state index contributed by atoms with van der Waals surface area (Å²) in [5, 5.41) is 15.9. The Balaban J connectivity index is 2.32. The molecule has 1 fully saturated rings. The summed E-state index contributed by atoms with van der Waals surface area (Å²) >= 11 is 0. The molecular formula is C25H47N3O4. The van der Waals surface area contributed by atoms with Crippen LogP contribution in [0.5, 0.6) is 0 Å².